The van der Waals surface area contributed by atoms with E-state index in [1.165, 1.54) is 29.2 Å². The number of halogens is 2. The molecule has 1 heterocycles. The Hall–Kier alpha value is -2.81. The maximum absolute atomic E-state index is 13.4. The molecule has 2 aromatic rings. The average molecular weight is 396 g/mol. The number of rotatable bonds is 8. The van der Waals surface area contributed by atoms with E-state index < -0.39 is 35.5 Å². The number of aliphatic carboxylic acids is 1. The molecule has 1 aromatic heterocycles. The summed E-state index contributed by atoms with van der Waals surface area (Å²) in [5.41, 5.74) is 0.310. The molecular weight excluding hydrogens is 378 g/mol. The van der Waals surface area contributed by atoms with Crippen molar-refractivity contribution in [3.05, 3.63) is 57.8 Å². The molecule has 27 heavy (non-hydrogen) atoms. The van der Waals surface area contributed by atoms with E-state index in [1.54, 1.807) is 17.5 Å². The fraction of sp³-hybridized carbons (Fsp3) is 0.278. The van der Waals surface area contributed by atoms with Gasteiger partial charge in [-0.1, -0.05) is 12.1 Å². The maximum atomic E-state index is 13.4. The SMILES string of the molecule is CC(NC(=O)c1cccs1)C(=O)N(CCC(=O)O)Cc1ccc(F)c(F)c1. The number of nitrogens with zero attached hydrogens (tertiary/aromatic N) is 1. The number of carbonyl (C=O) groups excluding carboxylic acids is 2. The number of carboxylic acid groups (broad SMARTS) is 1. The molecule has 0 aliphatic carbocycles. The Bertz CT molecular complexity index is 827. The zero-order valence-electron chi connectivity index (χ0n) is 14.4. The number of carbonyl (C=O) groups is 3. The molecule has 0 aliphatic rings. The van der Waals surface area contributed by atoms with Gasteiger partial charge in [0.05, 0.1) is 11.3 Å². The van der Waals surface area contributed by atoms with E-state index in [0.29, 0.717) is 10.4 Å². The van der Waals surface area contributed by atoms with E-state index in [-0.39, 0.29) is 19.5 Å². The summed E-state index contributed by atoms with van der Waals surface area (Å²) in [5.74, 6) is -4.12. The molecule has 9 heteroatoms. The Morgan fingerprint density at radius 3 is 2.56 bits per heavy atom. The van der Waals surface area contributed by atoms with Crippen molar-refractivity contribution >= 4 is 29.1 Å². The van der Waals surface area contributed by atoms with Gasteiger partial charge in [0.15, 0.2) is 11.6 Å². The van der Waals surface area contributed by atoms with Gasteiger partial charge in [0.25, 0.3) is 5.91 Å². The molecule has 0 fully saturated rings. The molecule has 144 valence electrons. The maximum Gasteiger partial charge on any atom is 0.305 e. The molecule has 0 saturated carbocycles. The normalized spacial score (nSPS) is 11.7. The fourth-order valence-corrected chi connectivity index (χ4v) is 2.99. The summed E-state index contributed by atoms with van der Waals surface area (Å²) in [6.07, 6.45) is -0.318. The van der Waals surface area contributed by atoms with Crippen LogP contribution in [0, 0.1) is 11.6 Å². The van der Waals surface area contributed by atoms with Crippen molar-refractivity contribution in [1.29, 1.82) is 0 Å². The quantitative estimate of drug-likeness (QED) is 0.718. The lowest BCUT2D eigenvalue weighted by Crippen LogP contribution is -2.47. The second-order valence-corrected chi connectivity index (χ2v) is 6.77. The van der Waals surface area contributed by atoms with Crippen LogP contribution in [0.3, 0.4) is 0 Å². The summed E-state index contributed by atoms with van der Waals surface area (Å²) in [5, 5.41) is 13.2. The predicted octanol–water partition coefficient (Wildman–Crippen LogP) is 2.65. The highest BCUT2D eigenvalue weighted by molar-refractivity contribution is 7.12. The summed E-state index contributed by atoms with van der Waals surface area (Å²) in [4.78, 5) is 37.3. The third-order valence-corrected chi connectivity index (χ3v) is 4.60. The minimum Gasteiger partial charge on any atom is -0.481 e. The van der Waals surface area contributed by atoms with E-state index >= 15 is 0 Å². The number of hydrogen-bond acceptors (Lipinski definition) is 4. The monoisotopic (exact) mass is 396 g/mol. The highest BCUT2D eigenvalue weighted by Gasteiger charge is 2.24. The lowest BCUT2D eigenvalue weighted by Gasteiger charge is -2.26. The van der Waals surface area contributed by atoms with Crippen LogP contribution < -0.4 is 5.32 Å². The molecule has 0 aliphatic heterocycles. The van der Waals surface area contributed by atoms with E-state index in [2.05, 4.69) is 5.32 Å². The van der Waals surface area contributed by atoms with Crippen molar-refractivity contribution < 1.29 is 28.3 Å². The van der Waals surface area contributed by atoms with E-state index in [4.69, 9.17) is 5.11 Å². The predicted molar refractivity (Wildman–Crippen MR) is 95.3 cm³/mol. The van der Waals surface area contributed by atoms with Crippen molar-refractivity contribution in [3.8, 4) is 0 Å². The minimum absolute atomic E-state index is 0.109. The molecule has 2 rings (SSSR count). The van der Waals surface area contributed by atoms with Crippen LogP contribution in [0.5, 0.6) is 0 Å². The van der Waals surface area contributed by atoms with Crippen LogP contribution in [0.1, 0.15) is 28.6 Å². The summed E-state index contributed by atoms with van der Waals surface area (Å²) < 4.78 is 26.5. The highest BCUT2D eigenvalue weighted by Crippen LogP contribution is 2.13. The third kappa shape index (κ3) is 5.85. The molecule has 0 bridgehead atoms. The topological polar surface area (TPSA) is 86.7 Å². The molecule has 1 atom stereocenters. The van der Waals surface area contributed by atoms with Gasteiger partial charge in [-0.15, -0.1) is 11.3 Å². The number of nitrogens with one attached hydrogen (secondary N) is 1. The zero-order chi connectivity index (χ0) is 20.0. The highest BCUT2D eigenvalue weighted by atomic mass is 32.1. The first kappa shape index (κ1) is 20.5. The van der Waals surface area contributed by atoms with Gasteiger partial charge in [0, 0.05) is 13.1 Å². The Morgan fingerprint density at radius 2 is 1.96 bits per heavy atom. The summed E-state index contributed by atoms with van der Waals surface area (Å²) >= 11 is 1.22. The van der Waals surface area contributed by atoms with E-state index in [9.17, 15) is 23.2 Å². The molecule has 1 unspecified atom stereocenters. The first-order valence-corrected chi connectivity index (χ1v) is 8.94. The van der Waals surface area contributed by atoms with Crippen LogP contribution in [0.2, 0.25) is 0 Å². The lowest BCUT2D eigenvalue weighted by atomic mass is 10.1. The number of amides is 2. The van der Waals surface area contributed by atoms with Gasteiger partial charge in [0.2, 0.25) is 5.91 Å². The van der Waals surface area contributed by atoms with Crippen LogP contribution in [0.25, 0.3) is 0 Å². The fourth-order valence-electron chi connectivity index (χ4n) is 2.37. The minimum atomic E-state index is -1.10. The van der Waals surface area contributed by atoms with Gasteiger partial charge in [-0.3, -0.25) is 14.4 Å². The molecule has 0 radical (unpaired) electrons. The number of thiophene rings is 1. The third-order valence-electron chi connectivity index (χ3n) is 3.73. The van der Waals surface area contributed by atoms with Crippen LogP contribution >= 0.6 is 11.3 Å². The molecule has 6 nitrogen and oxygen atoms in total. The number of carboxylic acids is 1. The standard InChI is InChI=1S/C18H18F2N2O4S/c1-11(21-17(25)15-3-2-8-27-15)18(26)22(7-6-16(23)24)10-12-4-5-13(19)14(20)9-12/h2-5,8-9,11H,6-7,10H2,1H3,(H,21,25)(H,23,24). The van der Waals surface area contributed by atoms with Gasteiger partial charge in [-0.05, 0) is 36.1 Å². The first-order valence-electron chi connectivity index (χ1n) is 8.07. The van der Waals surface area contributed by atoms with Gasteiger partial charge in [-0.2, -0.15) is 0 Å². The lowest BCUT2D eigenvalue weighted by molar-refractivity contribution is -0.139. The molecule has 0 spiro atoms. The van der Waals surface area contributed by atoms with Crippen molar-refractivity contribution in [2.24, 2.45) is 0 Å². The second kappa shape index (κ2) is 9.22. The van der Waals surface area contributed by atoms with Crippen LogP contribution in [-0.2, 0) is 16.1 Å². The second-order valence-electron chi connectivity index (χ2n) is 5.82. The Kier molecular flexibility index (Phi) is 7.00. The first-order chi connectivity index (χ1) is 12.8. The van der Waals surface area contributed by atoms with Gasteiger partial charge in [0.1, 0.15) is 6.04 Å². The Balaban J connectivity index is 2.10. The van der Waals surface area contributed by atoms with E-state index in [0.717, 1.165) is 12.1 Å². The summed E-state index contributed by atoms with van der Waals surface area (Å²) in [7, 11) is 0. The number of benzene rings is 1. The van der Waals surface area contributed by atoms with E-state index in [1.807, 2.05) is 0 Å². The van der Waals surface area contributed by atoms with Crippen molar-refractivity contribution in [1.82, 2.24) is 10.2 Å². The van der Waals surface area contributed by atoms with Crippen LogP contribution in [0.15, 0.2) is 35.7 Å². The molecular formula is C18H18F2N2O4S. The number of hydrogen-bond donors (Lipinski definition) is 2. The molecule has 2 N–H and O–H groups in total. The smallest absolute Gasteiger partial charge is 0.305 e. The van der Waals surface area contributed by atoms with Crippen molar-refractivity contribution in [2.45, 2.75) is 25.9 Å². The van der Waals surface area contributed by atoms with Crippen molar-refractivity contribution in [2.75, 3.05) is 6.54 Å². The van der Waals surface area contributed by atoms with Crippen LogP contribution in [0.4, 0.5) is 8.78 Å². The van der Waals surface area contributed by atoms with Gasteiger partial charge in [-0.25, -0.2) is 8.78 Å². The zero-order valence-corrected chi connectivity index (χ0v) is 15.3. The largest absolute Gasteiger partial charge is 0.481 e. The summed E-state index contributed by atoms with van der Waals surface area (Å²) in [6.45, 7) is 1.24. The Morgan fingerprint density at radius 1 is 1.22 bits per heavy atom. The van der Waals surface area contributed by atoms with Crippen LogP contribution in [-0.4, -0.2) is 40.4 Å². The van der Waals surface area contributed by atoms with Crippen molar-refractivity contribution in [3.63, 3.8) is 0 Å². The van der Waals surface area contributed by atoms with Gasteiger partial charge >= 0.3 is 5.97 Å². The molecule has 1 aromatic carbocycles. The Labute approximate surface area is 158 Å². The molecule has 2 amide bonds. The molecule has 0 saturated heterocycles. The summed E-state index contributed by atoms with van der Waals surface area (Å²) in [6, 6.07) is 5.60. The average Bonchev–Trinajstić information content (AvgIpc) is 3.15. The van der Waals surface area contributed by atoms with Gasteiger partial charge < -0.3 is 15.3 Å².